The van der Waals surface area contributed by atoms with Crippen molar-refractivity contribution in [1.82, 2.24) is 10.3 Å². The molecule has 0 aliphatic carbocycles. The first-order valence-corrected chi connectivity index (χ1v) is 9.18. The lowest BCUT2D eigenvalue weighted by Crippen LogP contribution is -2.36. The summed E-state index contributed by atoms with van der Waals surface area (Å²) in [7, 11) is 1.54. The standard InChI is InChI=1S/C23H23N3O3/c1-29-21-12-13-22(27)20(14-21)15-24-25-23(28)26(16-18-8-4-2-5-9-18)17-19-10-6-3-7-11-19/h2-15,27H,16-17H2,1H3,(H,25,28)/b24-15+. The minimum absolute atomic E-state index is 0.0502. The molecule has 0 unspecified atom stereocenters. The first-order valence-electron chi connectivity index (χ1n) is 9.18. The average molecular weight is 389 g/mol. The number of ether oxygens (including phenoxy) is 1. The fraction of sp³-hybridized carbons (Fsp3) is 0.130. The number of aromatic hydroxyl groups is 1. The van der Waals surface area contributed by atoms with Gasteiger partial charge in [-0.25, -0.2) is 10.2 Å². The lowest BCUT2D eigenvalue weighted by molar-refractivity contribution is 0.193. The third-order valence-corrected chi connectivity index (χ3v) is 4.32. The molecule has 6 heteroatoms. The summed E-state index contributed by atoms with van der Waals surface area (Å²) in [5, 5.41) is 13.9. The molecule has 6 nitrogen and oxygen atoms in total. The Balaban J connectivity index is 1.72. The second kappa shape index (κ2) is 9.94. The lowest BCUT2D eigenvalue weighted by atomic mass is 10.2. The van der Waals surface area contributed by atoms with Crippen molar-refractivity contribution in [2.45, 2.75) is 13.1 Å². The zero-order valence-electron chi connectivity index (χ0n) is 16.2. The van der Waals surface area contributed by atoms with Crippen LogP contribution in [0.5, 0.6) is 11.5 Å². The van der Waals surface area contributed by atoms with E-state index in [4.69, 9.17) is 4.74 Å². The number of carbonyl (C=O) groups excluding carboxylic acids is 1. The normalized spacial score (nSPS) is 10.7. The zero-order chi connectivity index (χ0) is 20.5. The molecular formula is C23H23N3O3. The number of carbonyl (C=O) groups is 1. The maximum absolute atomic E-state index is 12.8. The summed E-state index contributed by atoms with van der Waals surface area (Å²) in [5.41, 5.74) is 5.03. The van der Waals surface area contributed by atoms with Crippen molar-refractivity contribution in [1.29, 1.82) is 0 Å². The van der Waals surface area contributed by atoms with Gasteiger partial charge in [0.25, 0.3) is 0 Å². The minimum atomic E-state index is -0.337. The lowest BCUT2D eigenvalue weighted by Gasteiger charge is -2.22. The Morgan fingerprint density at radius 3 is 2.14 bits per heavy atom. The highest BCUT2D eigenvalue weighted by Gasteiger charge is 2.14. The van der Waals surface area contributed by atoms with Gasteiger partial charge in [0, 0.05) is 18.7 Å². The predicted octanol–water partition coefficient (Wildman–Crippen LogP) is 4.15. The smallest absolute Gasteiger partial charge is 0.338 e. The highest BCUT2D eigenvalue weighted by molar-refractivity contribution is 5.85. The van der Waals surface area contributed by atoms with Crippen LogP contribution < -0.4 is 10.2 Å². The molecule has 2 N–H and O–H groups in total. The maximum atomic E-state index is 12.8. The van der Waals surface area contributed by atoms with Gasteiger partial charge in [0.15, 0.2) is 0 Å². The molecule has 0 saturated carbocycles. The maximum Gasteiger partial charge on any atom is 0.338 e. The number of methoxy groups -OCH3 is 1. The van der Waals surface area contributed by atoms with Crippen LogP contribution in [0.1, 0.15) is 16.7 Å². The second-order valence-corrected chi connectivity index (χ2v) is 6.43. The van der Waals surface area contributed by atoms with Gasteiger partial charge >= 0.3 is 6.03 Å². The topological polar surface area (TPSA) is 74.2 Å². The van der Waals surface area contributed by atoms with E-state index in [1.165, 1.54) is 12.3 Å². The van der Waals surface area contributed by atoms with Crippen LogP contribution in [0.4, 0.5) is 4.79 Å². The summed E-state index contributed by atoms with van der Waals surface area (Å²) < 4.78 is 5.14. The largest absolute Gasteiger partial charge is 0.507 e. The van der Waals surface area contributed by atoms with Crippen molar-refractivity contribution in [2.24, 2.45) is 5.10 Å². The van der Waals surface area contributed by atoms with E-state index in [1.807, 2.05) is 60.7 Å². The van der Waals surface area contributed by atoms with Crippen molar-refractivity contribution >= 4 is 12.2 Å². The van der Waals surface area contributed by atoms with Crippen LogP contribution in [-0.2, 0) is 13.1 Å². The zero-order valence-corrected chi connectivity index (χ0v) is 16.2. The number of hydrogen-bond donors (Lipinski definition) is 2. The van der Waals surface area contributed by atoms with Crippen LogP contribution in [0.25, 0.3) is 0 Å². The van der Waals surface area contributed by atoms with Crippen molar-refractivity contribution in [2.75, 3.05) is 7.11 Å². The highest BCUT2D eigenvalue weighted by atomic mass is 16.5. The number of hydrazone groups is 1. The van der Waals surface area contributed by atoms with Crippen LogP contribution in [0, 0.1) is 0 Å². The Bertz CT molecular complexity index is 918. The molecule has 0 bridgehead atoms. The van der Waals surface area contributed by atoms with Gasteiger partial charge in [-0.15, -0.1) is 0 Å². The van der Waals surface area contributed by atoms with Crippen LogP contribution in [0.2, 0.25) is 0 Å². The third kappa shape index (κ3) is 5.84. The Morgan fingerprint density at radius 1 is 1.00 bits per heavy atom. The highest BCUT2D eigenvalue weighted by Crippen LogP contribution is 2.21. The van der Waals surface area contributed by atoms with Crippen LogP contribution in [0.15, 0.2) is 84.0 Å². The molecule has 0 fully saturated rings. The summed E-state index contributed by atoms with van der Waals surface area (Å²) in [6.07, 6.45) is 1.39. The van der Waals surface area contributed by atoms with Gasteiger partial charge in [-0.2, -0.15) is 5.10 Å². The summed E-state index contributed by atoms with van der Waals surface area (Å²) in [4.78, 5) is 14.4. The van der Waals surface area contributed by atoms with Gasteiger partial charge in [0.05, 0.1) is 13.3 Å². The minimum Gasteiger partial charge on any atom is -0.507 e. The quantitative estimate of drug-likeness (QED) is 0.471. The van der Waals surface area contributed by atoms with Crippen LogP contribution >= 0.6 is 0 Å². The molecule has 2 amide bonds. The Morgan fingerprint density at radius 2 is 1.59 bits per heavy atom. The molecular weight excluding hydrogens is 366 g/mol. The third-order valence-electron chi connectivity index (χ3n) is 4.32. The number of phenolic OH excluding ortho intramolecular Hbond substituents is 1. The molecule has 0 aliphatic rings. The van der Waals surface area contributed by atoms with Gasteiger partial charge in [-0.05, 0) is 29.3 Å². The average Bonchev–Trinajstić information content (AvgIpc) is 2.76. The van der Waals surface area contributed by atoms with Crippen molar-refractivity contribution in [3.63, 3.8) is 0 Å². The summed E-state index contributed by atoms with van der Waals surface area (Å²) in [6, 6.07) is 24.0. The van der Waals surface area contributed by atoms with Gasteiger partial charge in [0.2, 0.25) is 0 Å². The Hall–Kier alpha value is -3.80. The Kier molecular flexibility index (Phi) is 6.84. The van der Waals surface area contributed by atoms with Gasteiger partial charge in [-0.1, -0.05) is 60.7 Å². The van der Waals surface area contributed by atoms with Crippen molar-refractivity contribution < 1.29 is 14.6 Å². The fourth-order valence-corrected chi connectivity index (χ4v) is 2.80. The number of benzene rings is 3. The molecule has 3 aromatic rings. The van der Waals surface area contributed by atoms with Crippen LogP contribution in [-0.4, -0.2) is 29.4 Å². The van der Waals surface area contributed by atoms with E-state index in [9.17, 15) is 9.90 Å². The molecule has 0 saturated heterocycles. The monoisotopic (exact) mass is 389 g/mol. The molecule has 3 aromatic carbocycles. The molecule has 0 heterocycles. The van der Waals surface area contributed by atoms with Crippen LogP contribution in [0.3, 0.4) is 0 Å². The van der Waals surface area contributed by atoms with Gasteiger partial charge in [-0.3, -0.25) is 0 Å². The number of amides is 2. The molecule has 0 spiro atoms. The van der Waals surface area contributed by atoms with E-state index in [0.717, 1.165) is 11.1 Å². The molecule has 29 heavy (non-hydrogen) atoms. The SMILES string of the molecule is COc1ccc(O)c(/C=N/NC(=O)N(Cc2ccccc2)Cc2ccccc2)c1. The summed E-state index contributed by atoms with van der Waals surface area (Å²) >= 11 is 0. The predicted molar refractivity (Wildman–Crippen MR) is 113 cm³/mol. The molecule has 3 rings (SSSR count). The van der Waals surface area contributed by atoms with E-state index in [1.54, 1.807) is 24.1 Å². The number of phenols is 1. The molecule has 0 aliphatic heterocycles. The number of nitrogens with one attached hydrogen (secondary N) is 1. The molecule has 0 radical (unpaired) electrons. The summed E-state index contributed by atoms with van der Waals surface area (Å²) in [6.45, 7) is 0.892. The van der Waals surface area contributed by atoms with Crippen molar-refractivity contribution in [3.05, 3.63) is 95.6 Å². The second-order valence-electron chi connectivity index (χ2n) is 6.43. The number of urea groups is 1. The van der Waals surface area contributed by atoms with Gasteiger partial charge in [0.1, 0.15) is 11.5 Å². The fourth-order valence-electron chi connectivity index (χ4n) is 2.80. The molecule has 0 aromatic heterocycles. The van der Waals surface area contributed by atoms with E-state index < -0.39 is 0 Å². The number of rotatable bonds is 7. The van der Waals surface area contributed by atoms with E-state index >= 15 is 0 Å². The molecule has 0 atom stereocenters. The first-order chi connectivity index (χ1) is 14.2. The van der Waals surface area contributed by atoms with Crippen molar-refractivity contribution in [3.8, 4) is 11.5 Å². The van der Waals surface area contributed by atoms with Gasteiger partial charge < -0.3 is 14.7 Å². The summed E-state index contributed by atoms with van der Waals surface area (Å²) in [5.74, 6) is 0.639. The van der Waals surface area contributed by atoms with E-state index in [2.05, 4.69) is 10.5 Å². The number of hydrogen-bond acceptors (Lipinski definition) is 4. The first kappa shape index (κ1) is 19.9. The molecule has 148 valence electrons. The van der Waals surface area contributed by atoms with E-state index in [-0.39, 0.29) is 11.8 Å². The number of nitrogens with zero attached hydrogens (tertiary/aromatic N) is 2. The van der Waals surface area contributed by atoms with E-state index in [0.29, 0.717) is 24.4 Å². The Labute approximate surface area is 170 Å².